The summed E-state index contributed by atoms with van der Waals surface area (Å²) in [7, 11) is 0. The van der Waals surface area contributed by atoms with E-state index in [1.54, 1.807) is 22.3 Å². The minimum atomic E-state index is 0.750. The molecule has 0 aliphatic rings. The molecule has 0 unspecified atom stereocenters. The topological polar surface area (TPSA) is 81.8 Å². The molecule has 0 radical (unpaired) electrons. The van der Waals surface area contributed by atoms with Crippen molar-refractivity contribution in [3.63, 3.8) is 0 Å². The van der Waals surface area contributed by atoms with Crippen LogP contribution in [-0.2, 0) is 35.3 Å². The summed E-state index contributed by atoms with van der Waals surface area (Å²) in [6.07, 6.45) is 6.21. The zero-order valence-corrected chi connectivity index (χ0v) is 14.6. The molecule has 2 N–H and O–H groups in total. The average Bonchev–Trinajstić information content (AvgIpc) is 2.50. The molecule has 22 heavy (non-hydrogen) atoms. The van der Waals surface area contributed by atoms with Gasteiger partial charge in [-0.15, -0.1) is 0 Å². The van der Waals surface area contributed by atoms with Crippen LogP contribution in [0.15, 0.2) is 0 Å². The predicted molar refractivity (Wildman–Crippen MR) is 90.3 cm³/mol. The normalized spacial score (nSPS) is 8.64. The van der Waals surface area contributed by atoms with E-state index in [4.69, 9.17) is 20.4 Å². The molecule has 0 amide bonds. The van der Waals surface area contributed by atoms with E-state index in [0.29, 0.717) is 0 Å². The summed E-state index contributed by atoms with van der Waals surface area (Å²) in [6.45, 7) is 13.7. The summed E-state index contributed by atoms with van der Waals surface area (Å²) in [5.41, 5.74) is 9.54. The summed E-state index contributed by atoms with van der Waals surface area (Å²) in [4.78, 5) is 16.7. The summed E-state index contributed by atoms with van der Waals surface area (Å²) in [6, 6.07) is 0. The fraction of sp³-hybridized carbons (Fsp3) is 0.556. The van der Waals surface area contributed by atoms with Crippen LogP contribution >= 0.6 is 0 Å². The minimum absolute atomic E-state index is 0.750. The maximum absolute atomic E-state index is 8.35. The van der Waals surface area contributed by atoms with Crippen LogP contribution in [0.1, 0.15) is 61.1 Å². The number of carbonyl (C=O) groups excluding carboxylic acids is 2. The molecule has 0 saturated heterocycles. The Hall–Kier alpha value is -2.02. The van der Waals surface area contributed by atoms with Gasteiger partial charge in [0, 0.05) is 0 Å². The van der Waals surface area contributed by atoms with Crippen molar-refractivity contribution in [1.82, 2.24) is 0 Å². The molecule has 4 nitrogen and oxygen atoms in total. The van der Waals surface area contributed by atoms with E-state index in [2.05, 4.69) is 41.5 Å². The molecule has 1 rings (SSSR count). The van der Waals surface area contributed by atoms with Crippen molar-refractivity contribution < 1.29 is 9.59 Å². The van der Waals surface area contributed by atoms with Gasteiger partial charge in [0.05, 0.1) is 0 Å². The van der Waals surface area contributed by atoms with Crippen LogP contribution in [0.4, 0.5) is 0 Å². The van der Waals surface area contributed by atoms with Gasteiger partial charge in [0.15, 0.2) is 0 Å². The quantitative estimate of drug-likeness (QED) is 0.640. The van der Waals surface area contributed by atoms with Crippen molar-refractivity contribution in [2.45, 2.75) is 67.2 Å². The number of hydrogen-bond acceptors (Lipinski definition) is 4. The lowest BCUT2D eigenvalue weighted by molar-refractivity contribution is 0.562. The number of hydrogen-bond donors (Lipinski definition) is 2. The van der Waals surface area contributed by atoms with E-state index >= 15 is 0 Å². The molecule has 0 bridgehead atoms. The van der Waals surface area contributed by atoms with Crippen LogP contribution in [0.25, 0.3) is 0 Å². The van der Waals surface area contributed by atoms with Crippen molar-refractivity contribution in [2.75, 3.05) is 0 Å². The van der Waals surface area contributed by atoms with Crippen LogP contribution in [0.5, 0.6) is 0 Å². The van der Waals surface area contributed by atoms with Gasteiger partial charge in [-0.05, 0) is 72.9 Å². The van der Waals surface area contributed by atoms with Crippen LogP contribution in [0, 0.1) is 24.7 Å². The van der Waals surface area contributed by atoms with Gasteiger partial charge in [0.2, 0.25) is 12.2 Å². The van der Waals surface area contributed by atoms with Gasteiger partial charge in [-0.25, -0.2) is 20.4 Å². The number of nitrogens with one attached hydrogen (secondary N) is 2. The molecule has 4 heteroatoms. The second-order valence-electron chi connectivity index (χ2n) is 4.78. The summed E-state index contributed by atoms with van der Waals surface area (Å²) in [5.74, 6) is 0. The second kappa shape index (κ2) is 12.7. The Balaban J connectivity index is 0. The molecule has 0 heterocycles. The van der Waals surface area contributed by atoms with Crippen molar-refractivity contribution in [1.29, 1.82) is 10.8 Å². The molecule has 122 valence electrons. The number of isocyanates is 2. The smallest absolute Gasteiger partial charge is 0.222 e. The Morgan fingerprint density at radius 2 is 0.818 bits per heavy atom. The third kappa shape index (κ3) is 5.77. The zero-order valence-electron chi connectivity index (χ0n) is 14.6. The Labute approximate surface area is 134 Å². The molecule has 0 aliphatic heterocycles. The molecular formula is C18H28N2O2. The second-order valence-corrected chi connectivity index (χ2v) is 4.78. The van der Waals surface area contributed by atoms with E-state index in [1.807, 2.05) is 0 Å². The van der Waals surface area contributed by atoms with Crippen molar-refractivity contribution in [2.24, 2.45) is 0 Å². The Bertz CT molecular complexity index is 488. The van der Waals surface area contributed by atoms with Gasteiger partial charge < -0.3 is 0 Å². The average molecular weight is 304 g/mol. The molecular weight excluding hydrogens is 276 g/mol. The highest BCUT2D eigenvalue weighted by Crippen LogP contribution is 2.29. The fourth-order valence-electron chi connectivity index (χ4n) is 3.08. The van der Waals surface area contributed by atoms with Gasteiger partial charge in [0.25, 0.3) is 0 Å². The highest BCUT2D eigenvalue weighted by Gasteiger charge is 2.15. The molecule has 0 fully saturated rings. The van der Waals surface area contributed by atoms with Crippen LogP contribution in [-0.4, -0.2) is 12.2 Å². The van der Waals surface area contributed by atoms with E-state index in [9.17, 15) is 0 Å². The number of benzene rings is 1. The first kappa shape index (κ1) is 22.3. The van der Waals surface area contributed by atoms with E-state index in [0.717, 1.165) is 12.2 Å². The van der Waals surface area contributed by atoms with Crippen molar-refractivity contribution >= 4 is 12.2 Å². The first-order valence-electron chi connectivity index (χ1n) is 7.65. The highest BCUT2D eigenvalue weighted by atomic mass is 16.1. The highest BCUT2D eigenvalue weighted by molar-refractivity contribution is 5.51. The van der Waals surface area contributed by atoms with Gasteiger partial charge in [-0.3, -0.25) is 0 Å². The standard InChI is InChI=1S/C16H26.2CHNO/c1-7-13-11(5)12(6)14(8-2)16(10-4)15(13)9-3;2*2-1-3/h7-10H2,1-6H3;2*2H. The van der Waals surface area contributed by atoms with Gasteiger partial charge in [-0.1, -0.05) is 27.7 Å². The minimum Gasteiger partial charge on any atom is -0.222 e. The Kier molecular flexibility index (Phi) is 12.9. The lowest BCUT2D eigenvalue weighted by atomic mass is 9.84. The Morgan fingerprint density at radius 3 is 0.955 bits per heavy atom. The van der Waals surface area contributed by atoms with Gasteiger partial charge in [0.1, 0.15) is 0 Å². The summed E-state index contributed by atoms with van der Waals surface area (Å²) < 4.78 is 0. The SMILES string of the molecule is CCc1c(C)c(C)c(CC)c(CC)c1CC.N=C=O.N=C=O. The molecule has 1 aromatic carbocycles. The van der Waals surface area contributed by atoms with Gasteiger partial charge >= 0.3 is 0 Å². The van der Waals surface area contributed by atoms with E-state index in [-0.39, 0.29) is 0 Å². The first-order chi connectivity index (χ1) is 10.4. The number of rotatable bonds is 4. The van der Waals surface area contributed by atoms with Crippen LogP contribution in [0.3, 0.4) is 0 Å². The molecule has 0 saturated carbocycles. The largest absolute Gasteiger partial charge is 0.231 e. The zero-order chi connectivity index (χ0) is 17.7. The lowest BCUT2D eigenvalue weighted by Gasteiger charge is -2.22. The maximum Gasteiger partial charge on any atom is 0.231 e. The predicted octanol–water partition coefficient (Wildman–Crippen LogP) is 4.35. The van der Waals surface area contributed by atoms with Gasteiger partial charge in [-0.2, -0.15) is 0 Å². The van der Waals surface area contributed by atoms with Crippen molar-refractivity contribution in [3.05, 3.63) is 33.4 Å². The molecule has 0 atom stereocenters. The monoisotopic (exact) mass is 304 g/mol. The Morgan fingerprint density at radius 1 is 0.636 bits per heavy atom. The van der Waals surface area contributed by atoms with Crippen LogP contribution in [0.2, 0.25) is 0 Å². The van der Waals surface area contributed by atoms with E-state index in [1.165, 1.54) is 36.8 Å². The lowest BCUT2D eigenvalue weighted by Crippen LogP contribution is -2.08. The summed E-state index contributed by atoms with van der Waals surface area (Å²) in [5, 5.41) is 10.8. The third-order valence-electron chi connectivity index (χ3n) is 3.97. The molecule has 0 aromatic heterocycles. The van der Waals surface area contributed by atoms with E-state index < -0.39 is 0 Å². The first-order valence-corrected chi connectivity index (χ1v) is 7.65. The molecule has 1 aromatic rings. The fourth-order valence-corrected chi connectivity index (χ4v) is 3.08. The molecule has 0 aliphatic carbocycles. The summed E-state index contributed by atoms with van der Waals surface area (Å²) >= 11 is 0. The van der Waals surface area contributed by atoms with Crippen LogP contribution < -0.4 is 0 Å². The third-order valence-corrected chi connectivity index (χ3v) is 3.97. The maximum atomic E-state index is 8.35. The molecule has 0 spiro atoms. The van der Waals surface area contributed by atoms with Crippen molar-refractivity contribution in [3.8, 4) is 0 Å².